The lowest BCUT2D eigenvalue weighted by Gasteiger charge is -2.11. The smallest absolute Gasteiger partial charge is 0.165 e. The van der Waals surface area contributed by atoms with E-state index in [2.05, 4.69) is 12.2 Å². The van der Waals surface area contributed by atoms with Gasteiger partial charge in [0.2, 0.25) is 0 Å². The molecule has 1 unspecified atom stereocenters. The normalized spacial score (nSPS) is 17.4. The molecule has 2 rings (SSSR count). The second-order valence-electron chi connectivity index (χ2n) is 4.73. The van der Waals surface area contributed by atoms with Crippen molar-refractivity contribution >= 4 is 0 Å². The molecule has 0 aromatic heterocycles. The van der Waals surface area contributed by atoms with Gasteiger partial charge < -0.3 is 10.4 Å². The topological polar surface area (TPSA) is 32.3 Å². The van der Waals surface area contributed by atoms with E-state index in [1.54, 1.807) is 6.07 Å². The van der Waals surface area contributed by atoms with Crippen LogP contribution in [0, 0.1) is 17.7 Å². The molecule has 0 radical (unpaired) electrons. The van der Waals surface area contributed by atoms with Gasteiger partial charge in [0, 0.05) is 6.54 Å². The van der Waals surface area contributed by atoms with Crippen LogP contribution < -0.4 is 5.32 Å². The molecule has 1 aromatic carbocycles. The first kappa shape index (κ1) is 11.4. The lowest BCUT2D eigenvalue weighted by molar-refractivity contribution is 0.430. The molecule has 2 N–H and O–H groups in total. The molecule has 0 bridgehead atoms. The highest BCUT2D eigenvalue weighted by molar-refractivity contribution is 5.27. The Morgan fingerprint density at radius 2 is 2.25 bits per heavy atom. The van der Waals surface area contributed by atoms with Crippen LogP contribution in [0.4, 0.5) is 4.39 Å². The van der Waals surface area contributed by atoms with E-state index in [-0.39, 0.29) is 5.75 Å². The summed E-state index contributed by atoms with van der Waals surface area (Å²) in [7, 11) is 0. The summed E-state index contributed by atoms with van der Waals surface area (Å²) in [6.45, 7) is 3.89. The van der Waals surface area contributed by atoms with Gasteiger partial charge >= 0.3 is 0 Å². The Kier molecular flexibility index (Phi) is 3.44. The Morgan fingerprint density at radius 3 is 2.88 bits per heavy atom. The van der Waals surface area contributed by atoms with Crippen LogP contribution in [-0.2, 0) is 6.54 Å². The third-order valence-electron chi connectivity index (χ3n) is 3.23. The first-order valence-corrected chi connectivity index (χ1v) is 5.85. The van der Waals surface area contributed by atoms with Gasteiger partial charge in [-0.15, -0.1) is 0 Å². The zero-order valence-corrected chi connectivity index (χ0v) is 9.54. The van der Waals surface area contributed by atoms with E-state index in [0.717, 1.165) is 18.0 Å². The van der Waals surface area contributed by atoms with Crippen molar-refractivity contribution in [3.63, 3.8) is 0 Å². The lowest BCUT2D eigenvalue weighted by Crippen LogP contribution is -2.21. The van der Waals surface area contributed by atoms with E-state index in [1.807, 2.05) is 0 Å². The molecular weight excluding hydrogens is 205 g/mol. The van der Waals surface area contributed by atoms with E-state index in [0.29, 0.717) is 12.5 Å². The first-order valence-electron chi connectivity index (χ1n) is 5.85. The SMILES string of the molecule is CC(CNCc1ccc(O)c(F)c1)C1CC1. The highest BCUT2D eigenvalue weighted by atomic mass is 19.1. The largest absolute Gasteiger partial charge is 0.505 e. The average molecular weight is 223 g/mol. The maximum absolute atomic E-state index is 13.0. The molecule has 2 nitrogen and oxygen atoms in total. The Morgan fingerprint density at radius 1 is 1.50 bits per heavy atom. The van der Waals surface area contributed by atoms with Gasteiger partial charge in [-0.2, -0.15) is 0 Å². The standard InChI is InChI=1S/C13H18FNO/c1-9(11-3-4-11)7-15-8-10-2-5-13(16)12(14)6-10/h2,5-6,9,11,15-16H,3-4,7-8H2,1H3. The fraction of sp³-hybridized carbons (Fsp3) is 0.538. The Bertz CT molecular complexity index is 363. The number of aromatic hydroxyl groups is 1. The summed E-state index contributed by atoms with van der Waals surface area (Å²) < 4.78 is 13.0. The average Bonchev–Trinajstić information content (AvgIpc) is 3.07. The Labute approximate surface area is 95.5 Å². The van der Waals surface area contributed by atoms with Gasteiger partial charge in [-0.1, -0.05) is 13.0 Å². The maximum atomic E-state index is 13.0. The predicted molar refractivity (Wildman–Crippen MR) is 61.7 cm³/mol. The van der Waals surface area contributed by atoms with Gasteiger partial charge in [0.15, 0.2) is 11.6 Å². The molecule has 0 aliphatic heterocycles. The monoisotopic (exact) mass is 223 g/mol. The summed E-state index contributed by atoms with van der Waals surface area (Å²) in [5.41, 5.74) is 0.873. The molecule has 0 heterocycles. The fourth-order valence-corrected chi connectivity index (χ4v) is 1.94. The molecule has 1 aliphatic rings. The van der Waals surface area contributed by atoms with E-state index >= 15 is 0 Å². The highest BCUT2D eigenvalue weighted by Gasteiger charge is 2.27. The number of hydrogen-bond acceptors (Lipinski definition) is 2. The number of rotatable bonds is 5. The molecule has 1 saturated carbocycles. The molecule has 0 saturated heterocycles. The molecule has 0 spiro atoms. The van der Waals surface area contributed by atoms with Crippen LogP contribution in [-0.4, -0.2) is 11.7 Å². The van der Waals surface area contributed by atoms with Gasteiger partial charge in [-0.25, -0.2) is 4.39 Å². The summed E-state index contributed by atoms with van der Waals surface area (Å²) in [5, 5.41) is 12.4. The predicted octanol–water partition coefficient (Wildman–Crippen LogP) is 2.67. The van der Waals surface area contributed by atoms with Crippen LogP contribution in [0.1, 0.15) is 25.3 Å². The van der Waals surface area contributed by atoms with E-state index < -0.39 is 5.82 Å². The van der Waals surface area contributed by atoms with Crippen molar-refractivity contribution in [1.82, 2.24) is 5.32 Å². The molecule has 1 aromatic rings. The van der Waals surface area contributed by atoms with Gasteiger partial charge in [0.1, 0.15) is 0 Å². The van der Waals surface area contributed by atoms with Crippen molar-refractivity contribution < 1.29 is 9.50 Å². The van der Waals surface area contributed by atoms with E-state index in [9.17, 15) is 4.39 Å². The van der Waals surface area contributed by atoms with Gasteiger partial charge in [-0.05, 0) is 48.9 Å². The third-order valence-corrected chi connectivity index (χ3v) is 3.23. The minimum atomic E-state index is -0.547. The van der Waals surface area contributed by atoms with Crippen LogP contribution in [0.3, 0.4) is 0 Å². The van der Waals surface area contributed by atoms with Crippen molar-refractivity contribution in [2.45, 2.75) is 26.3 Å². The first-order chi connectivity index (χ1) is 7.66. The van der Waals surface area contributed by atoms with Crippen LogP contribution >= 0.6 is 0 Å². The van der Waals surface area contributed by atoms with Crippen molar-refractivity contribution in [3.8, 4) is 5.75 Å². The number of phenolic OH excluding ortho intramolecular Hbond substituents is 1. The number of hydrogen-bond donors (Lipinski definition) is 2. The van der Waals surface area contributed by atoms with Crippen LogP contribution in [0.15, 0.2) is 18.2 Å². The summed E-state index contributed by atoms with van der Waals surface area (Å²) >= 11 is 0. The second kappa shape index (κ2) is 4.83. The molecule has 1 atom stereocenters. The van der Waals surface area contributed by atoms with Crippen LogP contribution in [0.25, 0.3) is 0 Å². The highest BCUT2D eigenvalue weighted by Crippen LogP contribution is 2.36. The van der Waals surface area contributed by atoms with Gasteiger partial charge in [-0.3, -0.25) is 0 Å². The van der Waals surface area contributed by atoms with Crippen molar-refractivity contribution in [1.29, 1.82) is 0 Å². The Hall–Kier alpha value is -1.09. The van der Waals surface area contributed by atoms with E-state index in [4.69, 9.17) is 5.11 Å². The summed E-state index contributed by atoms with van der Waals surface area (Å²) in [5.74, 6) is 0.774. The minimum Gasteiger partial charge on any atom is -0.505 e. The summed E-state index contributed by atoms with van der Waals surface area (Å²) in [6, 6.07) is 4.52. The zero-order chi connectivity index (χ0) is 11.5. The molecule has 16 heavy (non-hydrogen) atoms. The molecule has 0 amide bonds. The van der Waals surface area contributed by atoms with Crippen molar-refractivity contribution in [2.75, 3.05) is 6.54 Å². The summed E-state index contributed by atoms with van der Waals surface area (Å²) in [6.07, 6.45) is 2.72. The zero-order valence-electron chi connectivity index (χ0n) is 9.54. The lowest BCUT2D eigenvalue weighted by atomic mass is 10.1. The molecule has 1 fully saturated rings. The number of phenols is 1. The Balaban J connectivity index is 1.78. The van der Waals surface area contributed by atoms with Crippen LogP contribution in [0.5, 0.6) is 5.75 Å². The van der Waals surface area contributed by atoms with E-state index in [1.165, 1.54) is 25.0 Å². The number of nitrogens with one attached hydrogen (secondary N) is 1. The van der Waals surface area contributed by atoms with Crippen molar-refractivity contribution in [3.05, 3.63) is 29.6 Å². The minimum absolute atomic E-state index is 0.282. The third kappa shape index (κ3) is 2.95. The number of benzene rings is 1. The van der Waals surface area contributed by atoms with Gasteiger partial charge in [0.25, 0.3) is 0 Å². The molecule has 1 aliphatic carbocycles. The van der Waals surface area contributed by atoms with Gasteiger partial charge in [0.05, 0.1) is 0 Å². The molecular formula is C13H18FNO. The molecule has 3 heteroatoms. The fourth-order valence-electron chi connectivity index (χ4n) is 1.94. The second-order valence-corrected chi connectivity index (χ2v) is 4.73. The summed E-state index contributed by atoms with van der Waals surface area (Å²) in [4.78, 5) is 0. The van der Waals surface area contributed by atoms with Crippen molar-refractivity contribution in [2.24, 2.45) is 11.8 Å². The maximum Gasteiger partial charge on any atom is 0.165 e. The molecule has 88 valence electrons. The van der Waals surface area contributed by atoms with Crippen LogP contribution in [0.2, 0.25) is 0 Å². The number of halogens is 1. The quantitative estimate of drug-likeness (QED) is 0.804.